The lowest BCUT2D eigenvalue weighted by atomic mass is 10.1. The lowest BCUT2D eigenvalue weighted by Gasteiger charge is -2.10. The van der Waals surface area contributed by atoms with E-state index in [1.807, 2.05) is 18.8 Å². The van der Waals surface area contributed by atoms with Crippen LogP contribution in [0.1, 0.15) is 11.1 Å². The van der Waals surface area contributed by atoms with Gasteiger partial charge in [0.2, 0.25) is 0 Å². The van der Waals surface area contributed by atoms with Gasteiger partial charge in [0, 0.05) is 11.2 Å². The maximum atomic E-state index is 11.8. The standard InChI is InChI=1S/C14H14ClN3O4/c1-7-3-9(4-8(2)12(7)15)22-6-11(19)17-10-5-16-14(21)18-13(10)20/h3-5H,6H2,1-2H3,(H,17,19)(H2,16,18,20,21). The highest BCUT2D eigenvalue weighted by Crippen LogP contribution is 2.25. The number of carbonyl (C=O) groups excluding carboxylic acids is 1. The zero-order valence-electron chi connectivity index (χ0n) is 12.0. The van der Waals surface area contributed by atoms with Crippen molar-refractivity contribution in [3.63, 3.8) is 0 Å². The SMILES string of the molecule is Cc1cc(OCC(=O)Nc2c[nH]c(=O)[nH]c2=O)cc(C)c1Cl. The number of hydrogen-bond acceptors (Lipinski definition) is 4. The summed E-state index contributed by atoms with van der Waals surface area (Å²) in [6.07, 6.45) is 1.12. The van der Waals surface area contributed by atoms with E-state index in [0.717, 1.165) is 17.3 Å². The molecule has 1 amide bonds. The summed E-state index contributed by atoms with van der Waals surface area (Å²) in [7, 11) is 0. The predicted molar refractivity (Wildman–Crippen MR) is 82.7 cm³/mol. The van der Waals surface area contributed by atoms with E-state index in [0.29, 0.717) is 10.8 Å². The van der Waals surface area contributed by atoms with Gasteiger partial charge in [0.1, 0.15) is 11.4 Å². The second kappa shape index (κ2) is 6.48. The Hall–Kier alpha value is -2.54. The summed E-state index contributed by atoms with van der Waals surface area (Å²) in [6, 6.07) is 3.44. The summed E-state index contributed by atoms with van der Waals surface area (Å²) in [6.45, 7) is 3.39. The van der Waals surface area contributed by atoms with Gasteiger partial charge < -0.3 is 15.0 Å². The maximum Gasteiger partial charge on any atom is 0.325 e. The highest BCUT2D eigenvalue weighted by atomic mass is 35.5. The summed E-state index contributed by atoms with van der Waals surface area (Å²) in [5.41, 5.74) is 0.293. The van der Waals surface area contributed by atoms with Gasteiger partial charge in [-0.2, -0.15) is 0 Å². The van der Waals surface area contributed by atoms with Crippen molar-refractivity contribution in [1.29, 1.82) is 0 Å². The first kappa shape index (κ1) is 15.8. The zero-order valence-corrected chi connectivity index (χ0v) is 12.7. The number of aromatic nitrogens is 2. The van der Waals surface area contributed by atoms with Crippen LogP contribution >= 0.6 is 11.6 Å². The van der Waals surface area contributed by atoms with Gasteiger partial charge in [0.05, 0.1) is 0 Å². The summed E-state index contributed by atoms with van der Waals surface area (Å²) >= 11 is 6.05. The van der Waals surface area contributed by atoms with Gasteiger partial charge in [-0.15, -0.1) is 0 Å². The number of hydrogen-bond donors (Lipinski definition) is 3. The van der Waals surface area contributed by atoms with Gasteiger partial charge in [-0.05, 0) is 37.1 Å². The van der Waals surface area contributed by atoms with Crippen molar-refractivity contribution in [3.05, 3.63) is 55.3 Å². The normalized spacial score (nSPS) is 10.3. The van der Waals surface area contributed by atoms with Gasteiger partial charge in [-0.25, -0.2) is 4.79 Å². The Labute approximate surface area is 130 Å². The number of ether oxygens (including phenoxy) is 1. The monoisotopic (exact) mass is 323 g/mol. The molecule has 0 aliphatic heterocycles. The maximum absolute atomic E-state index is 11.8. The van der Waals surface area contributed by atoms with Gasteiger partial charge in [-0.1, -0.05) is 11.6 Å². The Morgan fingerprint density at radius 1 is 1.27 bits per heavy atom. The molecule has 1 aromatic carbocycles. The van der Waals surface area contributed by atoms with Gasteiger partial charge >= 0.3 is 5.69 Å². The van der Waals surface area contributed by atoms with Crippen molar-refractivity contribution in [3.8, 4) is 5.75 Å². The van der Waals surface area contributed by atoms with Crippen LogP contribution in [0.15, 0.2) is 27.9 Å². The van der Waals surface area contributed by atoms with Crippen LogP contribution in [0.3, 0.4) is 0 Å². The Bertz CT molecular complexity index is 802. The van der Waals surface area contributed by atoms with Crippen LogP contribution in [0, 0.1) is 13.8 Å². The Morgan fingerprint density at radius 2 is 1.91 bits per heavy atom. The minimum absolute atomic E-state index is 0.0586. The summed E-state index contributed by atoms with van der Waals surface area (Å²) in [5.74, 6) is -0.0206. The first-order chi connectivity index (χ1) is 10.4. The van der Waals surface area contributed by atoms with Gasteiger partial charge in [0.15, 0.2) is 6.61 Å². The van der Waals surface area contributed by atoms with Crippen LogP contribution in [-0.4, -0.2) is 22.5 Å². The number of aryl methyl sites for hydroxylation is 2. The molecular formula is C14H14ClN3O4. The lowest BCUT2D eigenvalue weighted by molar-refractivity contribution is -0.118. The van der Waals surface area contributed by atoms with Crippen LogP contribution < -0.4 is 21.3 Å². The molecule has 0 spiro atoms. The molecule has 7 nitrogen and oxygen atoms in total. The third kappa shape index (κ3) is 3.76. The minimum Gasteiger partial charge on any atom is -0.484 e. The largest absolute Gasteiger partial charge is 0.484 e. The first-order valence-electron chi connectivity index (χ1n) is 6.38. The van der Waals surface area contributed by atoms with Crippen molar-refractivity contribution < 1.29 is 9.53 Å². The number of rotatable bonds is 4. The van der Waals surface area contributed by atoms with Crippen molar-refractivity contribution in [2.45, 2.75) is 13.8 Å². The molecule has 0 unspecified atom stereocenters. The second-order valence-corrected chi connectivity index (χ2v) is 5.07. The number of halogens is 1. The fraction of sp³-hybridized carbons (Fsp3) is 0.214. The number of benzene rings is 1. The fourth-order valence-corrected chi connectivity index (χ4v) is 1.94. The quantitative estimate of drug-likeness (QED) is 0.790. The molecule has 1 heterocycles. The molecule has 116 valence electrons. The fourth-order valence-electron chi connectivity index (χ4n) is 1.83. The molecule has 1 aromatic heterocycles. The number of aromatic amines is 2. The molecule has 0 saturated heterocycles. The van der Waals surface area contributed by atoms with E-state index in [2.05, 4.69) is 10.3 Å². The number of nitrogens with one attached hydrogen (secondary N) is 3. The molecule has 0 bridgehead atoms. The molecule has 22 heavy (non-hydrogen) atoms. The zero-order chi connectivity index (χ0) is 16.3. The van der Waals surface area contributed by atoms with Crippen LogP contribution in [-0.2, 0) is 4.79 Å². The lowest BCUT2D eigenvalue weighted by Crippen LogP contribution is -2.28. The topological polar surface area (TPSA) is 104 Å². The van der Waals surface area contributed by atoms with E-state index >= 15 is 0 Å². The average Bonchev–Trinajstić information content (AvgIpc) is 2.45. The molecule has 8 heteroatoms. The molecule has 2 aromatic rings. The summed E-state index contributed by atoms with van der Waals surface area (Å²) in [4.78, 5) is 38.3. The van der Waals surface area contributed by atoms with E-state index in [9.17, 15) is 14.4 Å². The van der Waals surface area contributed by atoms with Crippen LogP contribution in [0.5, 0.6) is 5.75 Å². The highest BCUT2D eigenvalue weighted by molar-refractivity contribution is 6.32. The van der Waals surface area contributed by atoms with E-state index in [-0.39, 0.29) is 12.3 Å². The van der Waals surface area contributed by atoms with E-state index < -0.39 is 17.2 Å². The molecule has 3 N–H and O–H groups in total. The third-order valence-electron chi connectivity index (χ3n) is 2.87. The van der Waals surface area contributed by atoms with Crippen LogP contribution in [0.2, 0.25) is 5.02 Å². The minimum atomic E-state index is -0.685. The molecule has 0 radical (unpaired) electrons. The molecular weight excluding hydrogens is 310 g/mol. The Balaban J connectivity index is 2.01. The predicted octanol–water partition coefficient (Wildman–Crippen LogP) is 1.35. The summed E-state index contributed by atoms with van der Waals surface area (Å²) < 4.78 is 5.37. The molecule has 0 saturated carbocycles. The molecule has 0 atom stereocenters. The van der Waals surface area contributed by atoms with Crippen molar-refractivity contribution in [1.82, 2.24) is 9.97 Å². The summed E-state index contributed by atoms with van der Waals surface area (Å²) in [5, 5.41) is 2.99. The van der Waals surface area contributed by atoms with Crippen molar-refractivity contribution >= 4 is 23.2 Å². The van der Waals surface area contributed by atoms with E-state index in [1.54, 1.807) is 12.1 Å². The average molecular weight is 324 g/mol. The van der Waals surface area contributed by atoms with Crippen molar-refractivity contribution in [2.75, 3.05) is 11.9 Å². The van der Waals surface area contributed by atoms with Gasteiger partial charge in [-0.3, -0.25) is 14.6 Å². The smallest absolute Gasteiger partial charge is 0.325 e. The second-order valence-electron chi connectivity index (χ2n) is 4.69. The van der Waals surface area contributed by atoms with E-state index in [4.69, 9.17) is 16.3 Å². The Morgan fingerprint density at radius 3 is 2.50 bits per heavy atom. The van der Waals surface area contributed by atoms with E-state index in [1.165, 1.54) is 0 Å². The highest BCUT2D eigenvalue weighted by Gasteiger charge is 2.09. The first-order valence-corrected chi connectivity index (χ1v) is 6.76. The van der Waals surface area contributed by atoms with Crippen LogP contribution in [0.4, 0.5) is 5.69 Å². The van der Waals surface area contributed by atoms with Crippen molar-refractivity contribution in [2.24, 2.45) is 0 Å². The number of carbonyl (C=O) groups is 1. The number of amides is 1. The Kier molecular flexibility index (Phi) is 4.67. The molecule has 2 rings (SSSR count). The van der Waals surface area contributed by atoms with Crippen LogP contribution in [0.25, 0.3) is 0 Å². The molecule has 0 fully saturated rings. The number of H-pyrrole nitrogens is 2. The van der Waals surface area contributed by atoms with Gasteiger partial charge in [0.25, 0.3) is 11.5 Å². The molecule has 0 aliphatic rings. The molecule has 0 aliphatic carbocycles. The third-order valence-corrected chi connectivity index (χ3v) is 3.47. The number of anilines is 1.